The van der Waals surface area contributed by atoms with E-state index in [1.807, 2.05) is 12.2 Å². The van der Waals surface area contributed by atoms with Crippen LogP contribution in [0.2, 0.25) is 0 Å². The number of allylic oxidation sites excluding steroid dienone is 5. The van der Waals surface area contributed by atoms with Gasteiger partial charge in [-0.1, -0.05) is 85.5 Å². The lowest BCUT2D eigenvalue weighted by Crippen LogP contribution is -2.30. The van der Waals surface area contributed by atoms with Crippen LogP contribution in [-0.4, -0.2) is 10.6 Å². The average molecular weight is 421 g/mol. The second kappa shape index (κ2) is 9.48. The minimum Gasteiger partial charge on any atom is -0.382 e. The van der Waals surface area contributed by atoms with E-state index in [0.29, 0.717) is 12.1 Å². The number of fused-ring (bicyclic) bond motifs is 3. The van der Waals surface area contributed by atoms with Gasteiger partial charge >= 0.3 is 0 Å². The SMILES string of the molecule is C=C/C=C\C(=C\Cc1ccccc1)NC1C/C=C\Cc2c(c3ccccc3n2C2CC2)C1. The van der Waals surface area contributed by atoms with Crippen molar-refractivity contribution in [3.8, 4) is 0 Å². The molecule has 2 nitrogen and oxygen atoms in total. The van der Waals surface area contributed by atoms with Crippen LogP contribution in [0.1, 0.15) is 42.1 Å². The van der Waals surface area contributed by atoms with E-state index >= 15 is 0 Å². The summed E-state index contributed by atoms with van der Waals surface area (Å²) in [5, 5.41) is 5.29. The Hall–Kier alpha value is -3.26. The maximum atomic E-state index is 3.86. The molecule has 1 aromatic heterocycles. The highest BCUT2D eigenvalue weighted by molar-refractivity contribution is 5.86. The second-order valence-electron chi connectivity index (χ2n) is 8.94. The monoisotopic (exact) mass is 420 g/mol. The Bertz CT molecular complexity index is 1170. The van der Waals surface area contributed by atoms with Crippen LogP contribution in [0.25, 0.3) is 10.9 Å². The van der Waals surface area contributed by atoms with Gasteiger partial charge in [0.05, 0.1) is 0 Å². The predicted molar refractivity (Wildman–Crippen MR) is 136 cm³/mol. The van der Waals surface area contributed by atoms with Crippen molar-refractivity contribution in [2.24, 2.45) is 0 Å². The van der Waals surface area contributed by atoms with E-state index in [-0.39, 0.29) is 0 Å². The number of benzene rings is 2. The molecule has 0 aliphatic heterocycles. The summed E-state index contributed by atoms with van der Waals surface area (Å²) >= 11 is 0. The van der Waals surface area contributed by atoms with Crippen LogP contribution in [-0.2, 0) is 19.3 Å². The Morgan fingerprint density at radius 2 is 1.84 bits per heavy atom. The highest BCUT2D eigenvalue weighted by Crippen LogP contribution is 2.42. The van der Waals surface area contributed by atoms with Gasteiger partial charge in [0.25, 0.3) is 0 Å². The smallest absolute Gasteiger partial charge is 0.0488 e. The van der Waals surface area contributed by atoms with E-state index in [1.54, 1.807) is 0 Å². The molecule has 1 N–H and O–H groups in total. The first-order valence-electron chi connectivity index (χ1n) is 11.9. The zero-order valence-electron chi connectivity index (χ0n) is 18.7. The number of para-hydroxylation sites is 1. The maximum absolute atomic E-state index is 3.86. The normalized spacial score (nSPS) is 20.0. The minimum atomic E-state index is 0.361. The molecule has 5 rings (SSSR count). The van der Waals surface area contributed by atoms with Crippen molar-refractivity contribution in [3.05, 3.63) is 120 Å². The summed E-state index contributed by atoms with van der Waals surface area (Å²) in [5.74, 6) is 0. The van der Waals surface area contributed by atoms with Gasteiger partial charge in [0.15, 0.2) is 0 Å². The van der Waals surface area contributed by atoms with E-state index in [4.69, 9.17) is 0 Å². The van der Waals surface area contributed by atoms with Gasteiger partial charge in [-0.2, -0.15) is 0 Å². The fraction of sp³-hybridized carbons (Fsp3) is 0.267. The van der Waals surface area contributed by atoms with Crippen LogP contribution in [0.15, 0.2) is 103 Å². The first-order valence-corrected chi connectivity index (χ1v) is 11.9. The average Bonchev–Trinajstić information content (AvgIpc) is 3.61. The molecule has 2 aliphatic rings. The number of hydrogen-bond acceptors (Lipinski definition) is 1. The topological polar surface area (TPSA) is 17.0 Å². The third kappa shape index (κ3) is 4.50. The van der Waals surface area contributed by atoms with Gasteiger partial charge < -0.3 is 9.88 Å². The summed E-state index contributed by atoms with van der Waals surface area (Å²) in [4.78, 5) is 0. The predicted octanol–water partition coefficient (Wildman–Crippen LogP) is 6.85. The van der Waals surface area contributed by atoms with E-state index in [1.165, 1.54) is 46.3 Å². The molecule has 1 unspecified atom stereocenters. The van der Waals surface area contributed by atoms with Crippen molar-refractivity contribution in [2.75, 3.05) is 0 Å². The van der Waals surface area contributed by atoms with Crippen molar-refractivity contribution in [1.29, 1.82) is 0 Å². The molecule has 1 atom stereocenters. The van der Waals surface area contributed by atoms with E-state index in [2.05, 4.69) is 95.4 Å². The molecular weight excluding hydrogens is 388 g/mol. The highest BCUT2D eigenvalue weighted by atomic mass is 15.1. The molecule has 0 saturated heterocycles. The molecule has 3 aromatic rings. The molecule has 162 valence electrons. The molecule has 0 spiro atoms. The molecule has 1 fully saturated rings. The Morgan fingerprint density at radius 3 is 2.66 bits per heavy atom. The molecule has 2 aliphatic carbocycles. The summed E-state index contributed by atoms with van der Waals surface area (Å²) in [5.41, 5.74) is 6.96. The van der Waals surface area contributed by atoms with Crippen molar-refractivity contribution in [2.45, 2.75) is 50.6 Å². The Labute approximate surface area is 191 Å². The molecule has 1 saturated carbocycles. The van der Waals surface area contributed by atoms with Gasteiger partial charge in [-0.3, -0.25) is 0 Å². The summed E-state index contributed by atoms with van der Waals surface area (Å²) in [6.07, 6.45) is 19.7. The Balaban J connectivity index is 1.44. The Morgan fingerprint density at radius 1 is 1.03 bits per heavy atom. The number of aromatic nitrogens is 1. The molecule has 32 heavy (non-hydrogen) atoms. The summed E-state index contributed by atoms with van der Waals surface area (Å²) in [6, 6.07) is 20.7. The highest BCUT2D eigenvalue weighted by Gasteiger charge is 2.30. The molecule has 0 amide bonds. The fourth-order valence-corrected chi connectivity index (χ4v) is 4.90. The van der Waals surface area contributed by atoms with E-state index < -0.39 is 0 Å². The van der Waals surface area contributed by atoms with Crippen LogP contribution < -0.4 is 5.32 Å². The third-order valence-corrected chi connectivity index (χ3v) is 6.57. The van der Waals surface area contributed by atoms with Crippen LogP contribution in [0.5, 0.6) is 0 Å². The van der Waals surface area contributed by atoms with Gasteiger partial charge in [-0.15, -0.1) is 0 Å². The molecule has 0 radical (unpaired) electrons. The third-order valence-electron chi connectivity index (χ3n) is 6.57. The molecule has 2 heteroatoms. The van der Waals surface area contributed by atoms with E-state index in [0.717, 1.165) is 25.7 Å². The van der Waals surface area contributed by atoms with Crippen molar-refractivity contribution >= 4 is 10.9 Å². The number of rotatable bonds is 7. The zero-order chi connectivity index (χ0) is 21.8. The molecule has 1 heterocycles. The lowest BCUT2D eigenvalue weighted by atomic mass is 9.96. The van der Waals surface area contributed by atoms with Crippen LogP contribution in [0, 0.1) is 0 Å². The van der Waals surface area contributed by atoms with Crippen LogP contribution >= 0.6 is 0 Å². The van der Waals surface area contributed by atoms with Gasteiger partial charge in [0, 0.05) is 40.8 Å². The lowest BCUT2D eigenvalue weighted by molar-refractivity contribution is 0.567. The quantitative estimate of drug-likeness (QED) is 0.327. The van der Waals surface area contributed by atoms with Crippen LogP contribution in [0.4, 0.5) is 0 Å². The molecular formula is C30H32N2. The lowest BCUT2D eigenvalue weighted by Gasteiger charge is -2.22. The first-order chi connectivity index (χ1) is 15.8. The van der Waals surface area contributed by atoms with Crippen molar-refractivity contribution < 1.29 is 0 Å². The summed E-state index contributed by atoms with van der Waals surface area (Å²) in [6.45, 7) is 3.86. The second-order valence-corrected chi connectivity index (χ2v) is 8.94. The molecule has 0 bridgehead atoms. The zero-order valence-corrected chi connectivity index (χ0v) is 18.7. The first kappa shape index (κ1) is 20.6. The minimum absolute atomic E-state index is 0.361. The van der Waals surface area contributed by atoms with Gasteiger partial charge in [-0.25, -0.2) is 0 Å². The van der Waals surface area contributed by atoms with E-state index in [9.17, 15) is 0 Å². The van der Waals surface area contributed by atoms with Crippen LogP contribution in [0.3, 0.4) is 0 Å². The van der Waals surface area contributed by atoms with Gasteiger partial charge in [-0.05, 0) is 55.4 Å². The Kier molecular flexibility index (Phi) is 6.11. The van der Waals surface area contributed by atoms with Crippen molar-refractivity contribution in [3.63, 3.8) is 0 Å². The number of nitrogens with one attached hydrogen (secondary N) is 1. The largest absolute Gasteiger partial charge is 0.382 e. The standard InChI is InChI=1S/C30H32N2/c1-2-3-13-24(19-18-23-11-5-4-6-12-23)31-25-14-7-9-17-30-28(22-25)27-15-8-10-16-29(27)32(30)26-20-21-26/h2-13,15-16,19,25-26,31H,1,14,17-18,20-22H2/b9-7-,13-3-,24-19-. The number of nitrogens with zero attached hydrogens (tertiary/aromatic N) is 1. The van der Waals surface area contributed by atoms with Gasteiger partial charge in [0.2, 0.25) is 0 Å². The molecule has 2 aromatic carbocycles. The number of hydrogen-bond donors (Lipinski definition) is 1. The van der Waals surface area contributed by atoms with Gasteiger partial charge in [0.1, 0.15) is 0 Å². The summed E-state index contributed by atoms with van der Waals surface area (Å²) < 4.78 is 2.64. The van der Waals surface area contributed by atoms with Crippen molar-refractivity contribution in [1.82, 2.24) is 9.88 Å². The fourth-order valence-electron chi connectivity index (χ4n) is 4.90. The maximum Gasteiger partial charge on any atom is 0.0488 e. The summed E-state index contributed by atoms with van der Waals surface area (Å²) in [7, 11) is 0.